The molecule has 124 valence electrons. The van der Waals surface area contributed by atoms with Gasteiger partial charge in [0.2, 0.25) is 5.91 Å². The topological polar surface area (TPSA) is 20.3 Å². The van der Waals surface area contributed by atoms with Gasteiger partial charge in [-0.25, -0.2) is 0 Å². The lowest BCUT2D eigenvalue weighted by Crippen LogP contribution is -2.37. The Kier molecular flexibility index (Phi) is 4.66. The third-order valence-electron chi connectivity index (χ3n) is 5.92. The van der Waals surface area contributed by atoms with E-state index in [0.717, 1.165) is 49.6 Å². The molecule has 0 aromatic rings. The Labute approximate surface area is 136 Å². The minimum Gasteiger partial charge on any atom is -0.342 e. The van der Waals surface area contributed by atoms with E-state index >= 15 is 0 Å². The van der Waals surface area contributed by atoms with Crippen LogP contribution in [0.2, 0.25) is 0 Å². The van der Waals surface area contributed by atoms with Crippen molar-refractivity contribution in [2.24, 2.45) is 35.5 Å². The van der Waals surface area contributed by atoms with Gasteiger partial charge in [0.1, 0.15) is 0 Å². The zero-order valence-electron chi connectivity index (χ0n) is 14.8. The van der Waals surface area contributed by atoms with Crippen molar-refractivity contribution >= 4 is 5.91 Å². The minimum atomic E-state index is 0.370. The molecule has 2 saturated carbocycles. The highest BCUT2D eigenvalue weighted by molar-refractivity contribution is 5.81. The second kappa shape index (κ2) is 6.37. The number of hydrogen-bond donors (Lipinski definition) is 0. The smallest absolute Gasteiger partial charge is 0.225 e. The molecule has 0 aliphatic heterocycles. The van der Waals surface area contributed by atoms with E-state index < -0.39 is 0 Å². The standard InChI is InChI=1S/C20H33NO/c1-13(2)11-21(20(22)16-6-7-16)12-17-10-19(17)18-8-5-14(3)9-15(18)4/h5,13,15-19H,6-12H2,1-4H3. The first-order chi connectivity index (χ1) is 10.5. The van der Waals surface area contributed by atoms with Crippen LogP contribution in [0.1, 0.15) is 59.8 Å². The molecule has 2 heteroatoms. The second-order valence-electron chi connectivity index (χ2n) is 8.70. The van der Waals surface area contributed by atoms with Gasteiger partial charge in [-0.05, 0) is 68.6 Å². The Balaban J connectivity index is 1.55. The van der Waals surface area contributed by atoms with E-state index in [9.17, 15) is 4.79 Å². The first-order valence-electron chi connectivity index (χ1n) is 9.40. The molecular weight excluding hydrogens is 270 g/mol. The normalized spacial score (nSPS) is 34.5. The molecule has 4 atom stereocenters. The SMILES string of the molecule is CC1=CCC(C2CC2CN(CC(C)C)C(=O)C2CC2)C(C)C1. The van der Waals surface area contributed by atoms with Crippen LogP contribution in [0.3, 0.4) is 0 Å². The lowest BCUT2D eigenvalue weighted by Gasteiger charge is -2.29. The Morgan fingerprint density at radius 3 is 2.64 bits per heavy atom. The highest BCUT2D eigenvalue weighted by Crippen LogP contribution is 2.51. The van der Waals surface area contributed by atoms with E-state index in [2.05, 4.69) is 38.7 Å². The van der Waals surface area contributed by atoms with E-state index in [1.54, 1.807) is 5.57 Å². The van der Waals surface area contributed by atoms with Gasteiger partial charge in [0.05, 0.1) is 0 Å². The first-order valence-corrected chi connectivity index (χ1v) is 9.40. The maximum atomic E-state index is 12.5. The zero-order chi connectivity index (χ0) is 15.9. The fourth-order valence-corrected chi connectivity index (χ4v) is 4.48. The van der Waals surface area contributed by atoms with Crippen LogP contribution in [0, 0.1) is 35.5 Å². The Hall–Kier alpha value is -0.790. The predicted molar refractivity (Wildman–Crippen MR) is 91.4 cm³/mol. The van der Waals surface area contributed by atoms with Crippen molar-refractivity contribution in [1.29, 1.82) is 0 Å². The van der Waals surface area contributed by atoms with Gasteiger partial charge < -0.3 is 4.90 Å². The summed E-state index contributed by atoms with van der Waals surface area (Å²) < 4.78 is 0. The van der Waals surface area contributed by atoms with Crippen LogP contribution in [0.5, 0.6) is 0 Å². The van der Waals surface area contributed by atoms with Gasteiger partial charge in [-0.2, -0.15) is 0 Å². The number of rotatable bonds is 6. The molecule has 4 unspecified atom stereocenters. The number of carbonyl (C=O) groups excluding carboxylic acids is 1. The minimum absolute atomic E-state index is 0.370. The number of allylic oxidation sites excluding steroid dienone is 2. The average Bonchev–Trinajstić information content (AvgIpc) is 3.31. The lowest BCUT2D eigenvalue weighted by atomic mass is 9.78. The van der Waals surface area contributed by atoms with Crippen molar-refractivity contribution in [2.45, 2.75) is 59.8 Å². The molecule has 0 heterocycles. The maximum absolute atomic E-state index is 12.5. The van der Waals surface area contributed by atoms with Gasteiger partial charge in [-0.1, -0.05) is 32.4 Å². The Bertz CT molecular complexity index is 449. The third kappa shape index (κ3) is 3.75. The van der Waals surface area contributed by atoms with Crippen molar-refractivity contribution in [2.75, 3.05) is 13.1 Å². The Morgan fingerprint density at radius 1 is 1.32 bits per heavy atom. The van der Waals surface area contributed by atoms with E-state index in [0.29, 0.717) is 17.7 Å². The van der Waals surface area contributed by atoms with E-state index in [1.807, 2.05) is 0 Å². The van der Waals surface area contributed by atoms with Gasteiger partial charge in [-0.3, -0.25) is 4.79 Å². The highest BCUT2D eigenvalue weighted by Gasteiger charge is 2.46. The number of nitrogens with zero attached hydrogens (tertiary/aromatic N) is 1. The largest absolute Gasteiger partial charge is 0.342 e. The fraction of sp³-hybridized carbons (Fsp3) is 0.850. The molecule has 2 fully saturated rings. The summed E-state index contributed by atoms with van der Waals surface area (Å²) in [6, 6.07) is 0. The summed E-state index contributed by atoms with van der Waals surface area (Å²) in [6.45, 7) is 11.2. The molecule has 22 heavy (non-hydrogen) atoms. The predicted octanol–water partition coefficient (Wildman–Crippen LogP) is 4.51. The summed E-state index contributed by atoms with van der Waals surface area (Å²) in [5.41, 5.74) is 1.58. The molecule has 0 saturated heterocycles. The molecule has 0 radical (unpaired) electrons. The molecule has 0 aromatic carbocycles. The molecule has 0 N–H and O–H groups in total. The van der Waals surface area contributed by atoms with Crippen molar-refractivity contribution in [1.82, 2.24) is 4.90 Å². The van der Waals surface area contributed by atoms with E-state index in [-0.39, 0.29) is 0 Å². The van der Waals surface area contributed by atoms with Crippen LogP contribution >= 0.6 is 0 Å². The molecule has 3 aliphatic rings. The molecule has 3 rings (SSSR count). The quantitative estimate of drug-likeness (QED) is 0.661. The van der Waals surface area contributed by atoms with Gasteiger partial charge in [0.15, 0.2) is 0 Å². The van der Waals surface area contributed by atoms with Crippen LogP contribution in [-0.2, 0) is 4.79 Å². The summed E-state index contributed by atoms with van der Waals surface area (Å²) in [4.78, 5) is 14.7. The van der Waals surface area contributed by atoms with Crippen molar-refractivity contribution in [3.63, 3.8) is 0 Å². The summed E-state index contributed by atoms with van der Waals surface area (Å²) in [5, 5.41) is 0. The van der Waals surface area contributed by atoms with Gasteiger partial charge in [-0.15, -0.1) is 0 Å². The molecule has 0 spiro atoms. The third-order valence-corrected chi connectivity index (χ3v) is 5.92. The highest BCUT2D eigenvalue weighted by atomic mass is 16.2. The van der Waals surface area contributed by atoms with Gasteiger partial charge in [0.25, 0.3) is 0 Å². The average molecular weight is 303 g/mol. The second-order valence-corrected chi connectivity index (χ2v) is 8.70. The molecule has 0 aromatic heterocycles. The van der Waals surface area contributed by atoms with Gasteiger partial charge >= 0.3 is 0 Å². The van der Waals surface area contributed by atoms with E-state index in [1.165, 1.54) is 19.3 Å². The number of carbonyl (C=O) groups is 1. The van der Waals surface area contributed by atoms with Crippen LogP contribution in [0.4, 0.5) is 0 Å². The van der Waals surface area contributed by atoms with E-state index in [4.69, 9.17) is 0 Å². The van der Waals surface area contributed by atoms with Crippen LogP contribution in [-0.4, -0.2) is 23.9 Å². The number of amides is 1. The van der Waals surface area contributed by atoms with Gasteiger partial charge in [0, 0.05) is 19.0 Å². The zero-order valence-corrected chi connectivity index (χ0v) is 14.8. The molecule has 2 nitrogen and oxygen atoms in total. The molecule has 1 amide bonds. The number of hydrogen-bond acceptors (Lipinski definition) is 1. The lowest BCUT2D eigenvalue weighted by molar-refractivity contribution is -0.133. The molecular formula is C20H33NO. The van der Waals surface area contributed by atoms with Crippen LogP contribution < -0.4 is 0 Å². The fourth-order valence-electron chi connectivity index (χ4n) is 4.48. The van der Waals surface area contributed by atoms with Crippen molar-refractivity contribution in [3.05, 3.63) is 11.6 Å². The first kappa shape index (κ1) is 16.1. The summed E-state index contributed by atoms with van der Waals surface area (Å²) >= 11 is 0. The van der Waals surface area contributed by atoms with Crippen LogP contribution in [0.15, 0.2) is 11.6 Å². The van der Waals surface area contributed by atoms with Crippen LogP contribution in [0.25, 0.3) is 0 Å². The monoisotopic (exact) mass is 303 g/mol. The summed E-state index contributed by atoms with van der Waals surface area (Å²) in [7, 11) is 0. The van der Waals surface area contributed by atoms with Crippen molar-refractivity contribution < 1.29 is 4.79 Å². The van der Waals surface area contributed by atoms with Crippen molar-refractivity contribution in [3.8, 4) is 0 Å². The maximum Gasteiger partial charge on any atom is 0.225 e. The summed E-state index contributed by atoms with van der Waals surface area (Å²) in [6.07, 6.45) is 8.63. The Morgan fingerprint density at radius 2 is 2.05 bits per heavy atom. The molecule has 3 aliphatic carbocycles. The molecule has 0 bridgehead atoms. The summed E-state index contributed by atoms with van der Waals surface area (Å²) in [5.74, 6) is 4.76.